The summed E-state index contributed by atoms with van der Waals surface area (Å²) >= 11 is 0. The molecular weight excluding hydrogens is 400 g/mol. The smallest absolute Gasteiger partial charge is 0.259 e. The quantitative estimate of drug-likeness (QED) is 0.450. The van der Waals surface area contributed by atoms with Gasteiger partial charge in [-0.3, -0.25) is 9.59 Å². The highest BCUT2D eigenvalue weighted by Crippen LogP contribution is 2.26. The number of amides is 1. The third-order valence-corrected chi connectivity index (χ3v) is 5.04. The highest BCUT2D eigenvalue weighted by Gasteiger charge is 2.41. The average molecular weight is 424 g/mol. The van der Waals surface area contributed by atoms with Gasteiger partial charge in [0.25, 0.3) is 5.91 Å². The lowest BCUT2D eigenvalue weighted by Gasteiger charge is -2.25. The molecule has 0 aliphatic rings. The molecule has 0 saturated heterocycles. The van der Waals surface area contributed by atoms with Crippen molar-refractivity contribution in [3.63, 3.8) is 0 Å². The van der Waals surface area contributed by atoms with Crippen LogP contribution in [0.3, 0.4) is 0 Å². The summed E-state index contributed by atoms with van der Waals surface area (Å²) in [4.78, 5) is 24.0. The van der Waals surface area contributed by atoms with E-state index >= 15 is 0 Å². The first-order chi connectivity index (χ1) is 14.9. The predicted molar refractivity (Wildman–Crippen MR) is 113 cm³/mol. The van der Waals surface area contributed by atoms with Crippen molar-refractivity contribution >= 4 is 11.7 Å². The lowest BCUT2D eigenvalue weighted by Crippen LogP contribution is -2.52. The molecule has 1 aromatic heterocycles. The SMILES string of the molecule is CNC(=O)C(C)(OCc1ccc(-c2ccc(-c3cc(CO)no3)cc2)cc1)C(=O)CO. The summed E-state index contributed by atoms with van der Waals surface area (Å²) < 4.78 is 10.8. The molecule has 162 valence electrons. The number of nitrogens with one attached hydrogen (secondary N) is 1. The lowest BCUT2D eigenvalue weighted by molar-refractivity contribution is -0.160. The van der Waals surface area contributed by atoms with Gasteiger partial charge >= 0.3 is 0 Å². The molecule has 3 aromatic rings. The van der Waals surface area contributed by atoms with Gasteiger partial charge in [0, 0.05) is 18.7 Å². The zero-order chi connectivity index (χ0) is 22.4. The molecule has 0 aliphatic heterocycles. The Bertz CT molecular complexity index is 1020. The van der Waals surface area contributed by atoms with Crippen molar-refractivity contribution in [3.05, 3.63) is 65.9 Å². The van der Waals surface area contributed by atoms with E-state index in [1.807, 2.05) is 48.5 Å². The molecule has 0 fully saturated rings. The number of ketones is 1. The molecule has 1 unspecified atom stereocenters. The molecule has 0 aliphatic carbocycles. The number of rotatable bonds is 9. The molecular formula is C23H24N2O6. The predicted octanol–water partition coefficient (Wildman–Crippen LogP) is 2.08. The normalized spacial score (nSPS) is 12.9. The van der Waals surface area contributed by atoms with Crippen LogP contribution in [-0.2, 0) is 27.5 Å². The second kappa shape index (κ2) is 9.65. The van der Waals surface area contributed by atoms with Crippen molar-refractivity contribution in [1.29, 1.82) is 0 Å². The Hall–Kier alpha value is -3.33. The van der Waals surface area contributed by atoms with Gasteiger partial charge in [0.2, 0.25) is 5.60 Å². The van der Waals surface area contributed by atoms with Crippen LogP contribution in [-0.4, -0.2) is 46.3 Å². The van der Waals surface area contributed by atoms with Crippen molar-refractivity contribution in [3.8, 4) is 22.5 Å². The van der Waals surface area contributed by atoms with Crippen molar-refractivity contribution in [2.75, 3.05) is 13.7 Å². The van der Waals surface area contributed by atoms with Crippen LogP contribution >= 0.6 is 0 Å². The van der Waals surface area contributed by atoms with Crippen LogP contribution in [0, 0.1) is 0 Å². The summed E-state index contributed by atoms with van der Waals surface area (Å²) in [6.07, 6.45) is 0. The van der Waals surface area contributed by atoms with Crippen LogP contribution in [0.5, 0.6) is 0 Å². The highest BCUT2D eigenvalue weighted by molar-refractivity contribution is 6.09. The standard InChI is InChI=1S/C23H24N2O6/c1-23(21(28)13-27,22(29)24-2)30-14-15-3-5-16(6-4-15)17-7-9-18(10-8-17)20-11-19(12-26)25-31-20/h3-11,26-27H,12-14H2,1-2H3,(H,24,29). The Balaban J connectivity index is 1.69. The molecule has 1 amide bonds. The van der Waals surface area contributed by atoms with E-state index in [4.69, 9.17) is 19.5 Å². The molecule has 31 heavy (non-hydrogen) atoms. The van der Waals surface area contributed by atoms with E-state index in [1.165, 1.54) is 14.0 Å². The molecule has 0 spiro atoms. The molecule has 3 rings (SSSR count). The van der Waals surface area contributed by atoms with Crippen LogP contribution in [0.2, 0.25) is 0 Å². The first-order valence-corrected chi connectivity index (χ1v) is 9.67. The molecule has 8 heteroatoms. The van der Waals surface area contributed by atoms with Gasteiger partial charge in [-0.05, 0) is 23.6 Å². The average Bonchev–Trinajstić information content (AvgIpc) is 3.31. The maximum Gasteiger partial charge on any atom is 0.259 e. The number of nitrogens with zero attached hydrogens (tertiary/aromatic N) is 1. The van der Waals surface area contributed by atoms with Crippen LogP contribution in [0.1, 0.15) is 18.2 Å². The zero-order valence-corrected chi connectivity index (χ0v) is 17.3. The Labute approximate surface area is 179 Å². The number of aliphatic hydroxyl groups excluding tert-OH is 2. The van der Waals surface area contributed by atoms with E-state index in [0.29, 0.717) is 11.5 Å². The number of likely N-dealkylation sites (N-methyl/N-ethyl adjacent to an activating group) is 1. The van der Waals surface area contributed by atoms with E-state index in [-0.39, 0.29) is 13.2 Å². The number of benzene rings is 2. The van der Waals surface area contributed by atoms with E-state index in [2.05, 4.69) is 10.5 Å². The number of aromatic nitrogens is 1. The summed E-state index contributed by atoms with van der Waals surface area (Å²) in [5.74, 6) is -0.734. The van der Waals surface area contributed by atoms with Gasteiger partial charge < -0.3 is 24.8 Å². The molecule has 0 saturated carbocycles. The minimum Gasteiger partial charge on any atom is -0.390 e. The fraction of sp³-hybridized carbons (Fsp3) is 0.261. The third-order valence-electron chi connectivity index (χ3n) is 5.04. The summed E-state index contributed by atoms with van der Waals surface area (Å²) in [7, 11) is 1.41. The van der Waals surface area contributed by atoms with Gasteiger partial charge in [-0.1, -0.05) is 53.7 Å². The second-order valence-corrected chi connectivity index (χ2v) is 7.10. The Morgan fingerprint density at radius 1 is 1.03 bits per heavy atom. The van der Waals surface area contributed by atoms with Crippen LogP contribution in [0.4, 0.5) is 0 Å². The molecule has 1 heterocycles. The van der Waals surface area contributed by atoms with Gasteiger partial charge in [-0.2, -0.15) is 0 Å². The number of aliphatic hydroxyl groups is 2. The first-order valence-electron chi connectivity index (χ1n) is 9.67. The monoisotopic (exact) mass is 424 g/mol. The van der Waals surface area contributed by atoms with Crippen molar-refractivity contribution in [1.82, 2.24) is 10.5 Å². The fourth-order valence-electron chi connectivity index (χ4n) is 3.03. The fourth-order valence-corrected chi connectivity index (χ4v) is 3.03. The molecule has 0 bridgehead atoms. The number of carbonyl (C=O) groups excluding carboxylic acids is 2. The number of hydrogen-bond donors (Lipinski definition) is 3. The van der Waals surface area contributed by atoms with Crippen LogP contribution in [0.25, 0.3) is 22.5 Å². The van der Waals surface area contributed by atoms with Crippen LogP contribution < -0.4 is 5.32 Å². The van der Waals surface area contributed by atoms with Gasteiger partial charge in [0.1, 0.15) is 12.3 Å². The minimum atomic E-state index is -1.76. The van der Waals surface area contributed by atoms with E-state index in [1.54, 1.807) is 6.07 Å². The molecule has 8 nitrogen and oxygen atoms in total. The number of hydrogen-bond acceptors (Lipinski definition) is 7. The van der Waals surface area contributed by atoms with Gasteiger partial charge in [0.15, 0.2) is 11.5 Å². The minimum absolute atomic E-state index is 0.0353. The number of carbonyl (C=O) groups is 2. The highest BCUT2D eigenvalue weighted by atomic mass is 16.5. The number of Topliss-reactive ketones (excluding diaryl/α,β-unsaturated/α-hetero) is 1. The maximum absolute atomic E-state index is 12.1. The van der Waals surface area contributed by atoms with Crippen molar-refractivity contribution < 1.29 is 29.1 Å². The molecule has 1 atom stereocenters. The molecule has 0 radical (unpaired) electrons. The van der Waals surface area contributed by atoms with E-state index in [0.717, 1.165) is 22.3 Å². The molecule has 2 aromatic carbocycles. The Kier molecular flexibility index (Phi) is 6.96. The third kappa shape index (κ3) is 4.88. The van der Waals surface area contributed by atoms with Gasteiger partial charge in [-0.25, -0.2) is 0 Å². The number of ether oxygens (including phenoxy) is 1. The van der Waals surface area contributed by atoms with Gasteiger partial charge in [0.05, 0.1) is 13.2 Å². The summed E-state index contributed by atoms with van der Waals surface area (Å²) in [6.45, 7) is 0.425. The summed E-state index contributed by atoms with van der Waals surface area (Å²) in [5.41, 5.74) is 2.31. The van der Waals surface area contributed by atoms with Gasteiger partial charge in [-0.15, -0.1) is 0 Å². The lowest BCUT2D eigenvalue weighted by atomic mass is 9.99. The van der Waals surface area contributed by atoms with Crippen molar-refractivity contribution in [2.24, 2.45) is 0 Å². The topological polar surface area (TPSA) is 122 Å². The Morgan fingerprint density at radius 2 is 1.61 bits per heavy atom. The Morgan fingerprint density at radius 3 is 2.13 bits per heavy atom. The summed E-state index contributed by atoms with van der Waals surface area (Å²) in [6, 6.07) is 16.9. The van der Waals surface area contributed by atoms with E-state index in [9.17, 15) is 9.59 Å². The first kappa shape index (κ1) is 22.4. The second-order valence-electron chi connectivity index (χ2n) is 7.10. The maximum atomic E-state index is 12.1. The van der Waals surface area contributed by atoms with Crippen molar-refractivity contribution in [2.45, 2.75) is 25.7 Å². The summed E-state index contributed by atoms with van der Waals surface area (Å²) in [5, 5.41) is 24.4. The van der Waals surface area contributed by atoms with E-state index < -0.39 is 23.9 Å². The molecule has 3 N–H and O–H groups in total. The zero-order valence-electron chi connectivity index (χ0n) is 17.3. The largest absolute Gasteiger partial charge is 0.390 e. The van der Waals surface area contributed by atoms with Crippen LogP contribution in [0.15, 0.2) is 59.1 Å².